The van der Waals surface area contributed by atoms with E-state index >= 15 is 0 Å². The average molecular weight is 571 g/mol. The van der Waals surface area contributed by atoms with Gasteiger partial charge < -0.3 is 24.8 Å². The van der Waals surface area contributed by atoms with Crippen molar-refractivity contribution in [3.05, 3.63) is 107 Å². The molecule has 0 radical (unpaired) electrons. The minimum Gasteiger partial charge on any atom is -0.467 e. The molecule has 0 bridgehead atoms. The molecule has 1 amide bonds. The molecule has 2 unspecified atom stereocenters. The minimum absolute atomic E-state index is 0.0475. The van der Waals surface area contributed by atoms with Crippen LogP contribution in [0.15, 0.2) is 85.5 Å². The summed E-state index contributed by atoms with van der Waals surface area (Å²) in [6, 6.07) is 18.4. The lowest BCUT2D eigenvalue weighted by Gasteiger charge is -2.38. The van der Waals surface area contributed by atoms with E-state index in [1.165, 1.54) is 7.11 Å². The van der Waals surface area contributed by atoms with Gasteiger partial charge in [-0.3, -0.25) is 4.79 Å². The van der Waals surface area contributed by atoms with E-state index in [-0.39, 0.29) is 19.1 Å². The lowest BCUT2D eigenvalue weighted by molar-refractivity contribution is -0.183. The molecule has 2 atom stereocenters. The number of amides is 1. The molecule has 8 nitrogen and oxygen atoms in total. The topological polar surface area (TPSA) is 103 Å². The number of carbonyl (C=O) groups is 3. The van der Waals surface area contributed by atoms with Crippen LogP contribution in [0.5, 0.6) is 0 Å². The van der Waals surface area contributed by atoms with E-state index in [2.05, 4.69) is 17.2 Å². The van der Waals surface area contributed by atoms with E-state index in [1.54, 1.807) is 79.7 Å². The predicted octanol–water partition coefficient (Wildman–Crippen LogP) is 5.75. The van der Waals surface area contributed by atoms with Crippen molar-refractivity contribution in [1.82, 2.24) is 0 Å². The number of carbonyl (C=O) groups excluding carboxylic acids is 3. The van der Waals surface area contributed by atoms with Gasteiger partial charge in [0, 0.05) is 21.4 Å². The highest BCUT2D eigenvalue weighted by Crippen LogP contribution is 2.37. The van der Waals surface area contributed by atoms with Crippen LogP contribution in [0.2, 0.25) is 10.0 Å². The molecule has 0 aliphatic carbocycles. The molecule has 0 saturated carbocycles. The lowest BCUT2D eigenvalue weighted by Crippen LogP contribution is -2.57. The zero-order valence-electron chi connectivity index (χ0n) is 21.4. The molecule has 0 aliphatic rings. The Morgan fingerprint density at radius 1 is 0.974 bits per heavy atom. The van der Waals surface area contributed by atoms with Gasteiger partial charge in [0.1, 0.15) is 0 Å². The number of hydrogen-bond donors (Lipinski definition) is 2. The maximum Gasteiger partial charge on any atom is 0.345 e. The quantitative estimate of drug-likeness (QED) is 0.211. The van der Waals surface area contributed by atoms with Crippen LogP contribution in [0.25, 0.3) is 0 Å². The molecule has 3 rings (SSSR count). The highest BCUT2D eigenvalue weighted by molar-refractivity contribution is 6.31. The second kappa shape index (κ2) is 13.8. The maximum atomic E-state index is 13.7. The third kappa shape index (κ3) is 7.17. The molecular weight excluding hydrogens is 543 g/mol. The standard InChI is InChI=1S/C29H28Cl2N2O6/c1-4-25(34)32-22-14-16-23(17-15-22)33-26(27(35)38-5-2)29(28(36)37-3,20-10-12-21(30)13-11-20)39-18-19-8-6-7-9-24(19)31/h4,6-17,26,33H,1,5,18H2,2-3H3,(H,32,34). The van der Waals surface area contributed by atoms with Crippen molar-refractivity contribution in [2.45, 2.75) is 25.2 Å². The summed E-state index contributed by atoms with van der Waals surface area (Å²) < 4.78 is 16.9. The maximum absolute atomic E-state index is 13.7. The van der Waals surface area contributed by atoms with Crippen molar-refractivity contribution in [2.75, 3.05) is 24.4 Å². The van der Waals surface area contributed by atoms with Crippen molar-refractivity contribution in [3.8, 4) is 0 Å². The van der Waals surface area contributed by atoms with Crippen molar-refractivity contribution in [1.29, 1.82) is 0 Å². The van der Waals surface area contributed by atoms with Gasteiger partial charge >= 0.3 is 11.9 Å². The monoisotopic (exact) mass is 570 g/mol. The number of rotatable bonds is 12. The van der Waals surface area contributed by atoms with E-state index in [1.807, 2.05) is 0 Å². The SMILES string of the molecule is C=CC(=O)Nc1ccc(NC(C(=O)OCC)C(OCc2ccccc2Cl)(C(=O)OC)c2ccc(Cl)cc2)cc1. The number of ether oxygens (including phenoxy) is 3. The zero-order chi connectivity index (χ0) is 28.4. The number of anilines is 2. The first kappa shape index (κ1) is 29.7. The van der Waals surface area contributed by atoms with Crippen molar-refractivity contribution < 1.29 is 28.6 Å². The van der Waals surface area contributed by atoms with Crippen LogP contribution in [-0.4, -0.2) is 37.6 Å². The average Bonchev–Trinajstić information content (AvgIpc) is 2.94. The van der Waals surface area contributed by atoms with Gasteiger partial charge in [-0.15, -0.1) is 0 Å². The van der Waals surface area contributed by atoms with E-state index in [0.29, 0.717) is 32.5 Å². The molecule has 3 aromatic rings. The molecule has 0 spiro atoms. The van der Waals surface area contributed by atoms with Gasteiger partial charge in [0.25, 0.3) is 0 Å². The summed E-state index contributed by atoms with van der Waals surface area (Å²) in [6.07, 6.45) is 1.15. The summed E-state index contributed by atoms with van der Waals surface area (Å²) in [6.45, 7) is 4.99. The van der Waals surface area contributed by atoms with Crippen LogP contribution in [-0.2, 0) is 40.8 Å². The van der Waals surface area contributed by atoms with Crippen LogP contribution >= 0.6 is 23.2 Å². The number of methoxy groups -OCH3 is 1. The summed E-state index contributed by atoms with van der Waals surface area (Å²) in [5.74, 6) is -1.99. The lowest BCUT2D eigenvalue weighted by atomic mass is 9.85. The molecule has 204 valence electrons. The van der Waals surface area contributed by atoms with Gasteiger partial charge in [-0.05, 0) is 66.6 Å². The fraction of sp³-hybridized carbons (Fsp3) is 0.207. The predicted molar refractivity (Wildman–Crippen MR) is 151 cm³/mol. The molecule has 0 fully saturated rings. The number of halogens is 2. The number of nitrogens with one attached hydrogen (secondary N) is 2. The van der Waals surface area contributed by atoms with Crippen LogP contribution < -0.4 is 10.6 Å². The molecule has 0 aliphatic heterocycles. The minimum atomic E-state index is -2.03. The second-order valence-corrected chi connectivity index (χ2v) is 9.06. The first-order chi connectivity index (χ1) is 18.7. The van der Waals surface area contributed by atoms with Crippen LogP contribution in [0.1, 0.15) is 18.1 Å². The van der Waals surface area contributed by atoms with Crippen LogP contribution in [0, 0.1) is 0 Å². The Balaban J connectivity index is 2.14. The summed E-state index contributed by atoms with van der Waals surface area (Å²) in [5.41, 5.74) is -0.198. The molecule has 3 aromatic carbocycles. The highest BCUT2D eigenvalue weighted by atomic mass is 35.5. The third-order valence-corrected chi connectivity index (χ3v) is 6.37. The largest absolute Gasteiger partial charge is 0.467 e. The zero-order valence-corrected chi connectivity index (χ0v) is 22.9. The number of hydrogen-bond acceptors (Lipinski definition) is 7. The van der Waals surface area contributed by atoms with E-state index < -0.39 is 23.6 Å². The van der Waals surface area contributed by atoms with E-state index in [4.69, 9.17) is 37.4 Å². The van der Waals surface area contributed by atoms with Crippen molar-refractivity contribution in [3.63, 3.8) is 0 Å². The molecule has 0 aromatic heterocycles. The fourth-order valence-electron chi connectivity index (χ4n) is 3.85. The first-order valence-electron chi connectivity index (χ1n) is 11.9. The van der Waals surface area contributed by atoms with Gasteiger partial charge in [-0.2, -0.15) is 0 Å². The highest BCUT2D eigenvalue weighted by Gasteiger charge is 2.54. The number of benzene rings is 3. The molecule has 0 saturated heterocycles. The first-order valence-corrected chi connectivity index (χ1v) is 12.7. The van der Waals surface area contributed by atoms with E-state index in [0.717, 1.165) is 6.08 Å². The summed E-state index contributed by atoms with van der Waals surface area (Å²) in [7, 11) is 1.20. The normalized spacial score (nSPS) is 12.9. The van der Waals surface area contributed by atoms with Gasteiger partial charge in [0.05, 0.1) is 20.3 Å². The Hall–Kier alpha value is -3.85. The molecule has 10 heteroatoms. The van der Waals surface area contributed by atoms with Crippen molar-refractivity contribution in [2.24, 2.45) is 0 Å². The summed E-state index contributed by atoms with van der Waals surface area (Å²) >= 11 is 12.5. The summed E-state index contributed by atoms with van der Waals surface area (Å²) in [5, 5.41) is 6.57. The molecule has 39 heavy (non-hydrogen) atoms. The van der Waals surface area contributed by atoms with Crippen LogP contribution in [0.4, 0.5) is 11.4 Å². The van der Waals surface area contributed by atoms with Gasteiger partial charge in [0.15, 0.2) is 6.04 Å². The Kier molecular flexibility index (Phi) is 10.5. The van der Waals surface area contributed by atoms with Crippen molar-refractivity contribution >= 4 is 52.4 Å². The van der Waals surface area contributed by atoms with Crippen LogP contribution in [0.3, 0.4) is 0 Å². The molecule has 2 N–H and O–H groups in total. The molecular formula is C29H28Cl2N2O6. The molecule has 0 heterocycles. The van der Waals surface area contributed by atoms with Gasteiger partial charge in [-0.1, -0.05) is 60.1 Å². The second-order valence-electron chi connectivity index (χ2n) is 8.21. The Bertz CT molecular complexity index is 1310. The van der Waals surface area contributed by atoms with Gasteiger partial charge in [0.2, 0.25) is 11.5 Å². The van der Waals surface area contributed by atoms with E-state index in [9.17, 15) is 14.4 Å². The van der Waals surface area contributed by atoms with Gasteiger partial charge in [-0.25, -0.2) is 9.59 Å². The Morgan fingerprint density at radius 2 is 1.62 bits per heavy atom. The fourth-order valence-corrected chi connectivity index (χ4v) is 4.16. The number of esters is 2. The third-order valence-electron chi connectivity index (χ3n) is 5.75. The summed E-state index contributed by atoms with van der Waals surface area (Å²) in [4.78, 5) is 38.8. The smallest absolute Gasteiger partial charge is 0.345 e. The Morgan fingerprint density at radius 3 is 2.21 bits per heavy atom. The Labute approximate surface area is 236 Å².